The number of aromatic nitrogens is 1. The largest absolute Gasteiger partial charge is 0.497 e. The Morgan fingerprint density at radius 2 is 2.11 bits per heavy atom. The number of ether oxygens (including phenoxy) is 2. The fourth-order valence-electron chi connectivity index (χ4n) is 1.59. The van der Waals surface area contributed by atoms with E-state index in [-0.39, 0.29) is 5.69 Å². The van der Waals surface area contributed by atoms with Crippen molar-refractivity contribution >= 4 is 5.91 Å². The van der Waals surface area contributed by atoms with Crippen molar-refractivity contribution < 1.29 is 18.8 Å². The lowest BCUT2D eigenvalue weighted by atomic mass is 10.1. The van der Waals surface area contributed by atoms with Crippen LogP contribution in [0.3, 0.4) is 0 Å². The average Bonchev–Trinajstić information content (AvgIpc) is 2.95. The van der Waals surface area contributed by atoms with Crippen LogP contribution in [0, 0.1) is 0 Å². The van der Waals surface area contributed by atoms with E-state index in [1.165, 1.54) is 13.2 Å². The molecule has 0 bridgehead atoms. The van der Waals surface area contributed by atoms with Crippen molar-refractivity contribution in [3.8, 4) is 22.8 Å². The van der Waals surface area contributed by atoms with Gasteiger partial charge in [-0.05, 0) is 12.1 Å². The summed E-state index contributed by atoms with van der Waals surface area (Å²) in [4.78, 5) is 11.3. The quantitative estimate of drug-likeness (QED) is 0.484. The average molecular weight is 263 g/mol. The van der Waals surface area contributed by atoms with E-state index in [0.29, 0.717) is 22.8 Å². The number of amides is 1. The van der Waals surface area contributed by atoms with Gasteiger partial charge in [0, 0.05) is 12.1 Å². The standard InChI is InChI=1S/C12H13N3O4/c1-17-7-3-4-8(10(5-7)18-2)11-6-9(15-19-11)12(16)14-13/h3-6H,13H2,1-2H3,(H,14,16). The molecule has 1 amide bonds. The monoisotopic (exact) mass is 263 g/mol. The molecule has 0 aliphatic carbocycles. The number of carbonyl (C=O) groups is 1. The molecule has 0 atom stereocenters. The van der Waals surface area contributed by atoms with E-state index in [0.717, 1.165) is 0 Å². The molecular formula is C12H13N3O4. The lowest BCUT2D eigenvalue weighted by Crippen LogP contribution is -2.30. The van der Waals surface area contributed by atoms with E-state index in [9.17, 15) is 4.79 Å². The third kappa shape index (κ3) is 2.50. The van der Waals surface area contributed by atoms with E-state index < -0.39 is 5.91 Å². The minimum atomic E-state index is -0.525. The molecule has 2 aromatic rings. The molecule has 0 unspecified atom stereocenters. The number of hydrogen-bond acceptors (Lipinski definition) is 6. The Kier molecular flexibility index (Phi) is 3.67. The predicted molar refractivity (Wildman–Crippen MR) is 66.7 cm³/mol. The Morgan fingerprint density at radius 1 is 1.32 bits per heavy atom. The van der Waals surface area contributed by atoms with Crippen LogP contribution in [0.4, 0.5) is 0 Å². The fourth-order valence-corrected chi connectivity index (χ4v) is 1.59. The Bertz CT molecular complexity index is 594. The first kappa shape index (κ1) is 12.9. The molecule has 0 saturated heterocycles. The molecule has 0 radical (unpaired) electrons. The lowest BCUT2D eigenvalue weighted by molar-refractivity contribution is 0.0944. The van der Waals surface area contributed by atoms with Gasteiger partial charge >= 0.3 is 0 Å². The molecule has 19 heavy (non-hydrogen) atoms. The normalized spacial score (nSPS) is 10.1. The van der Waals surface area contributed by atoms with E-state index >= 15 is 0 Å². The number of methoxy groups -OCH3 is 2. The van der Waals surface area contributed by atoms with Gasteiger partial charge in [-0.3, -0.25) is 10.2 Å². The van der Waals surface area contributed by atoms with E-state index in [4.69, 9.17) is 19.8 Å². The maximum Gasteiger partial charge on any atom is 0.287 e. The SMILES string of the molecule is COc1ccc(-c2cc(C(=O)NN)no2)c(OC)c1. The van der Waals surface area contributed by atoms with Crippen molar-refractivity contribution in [1.82, 2.24) is 10.6 Å². The molecule has 0 aliphatic heterocycles. The first-order chi connectivity index (χ1) is 9.19. The lowest BCUT2D eigenvalue weighted by Gasteiger charge is -2.07. The minimum Gasteiger partial charge on any atom is -0.497 e. The molecule has 0 saturated carbocycles. The maximum absolute atomic E-state index is 11.3. The van der Waals surface area contributed by atoms with Gasteiger partial charge in [-0.1, -0.05) is 5.16 Å². The van der Waals surface area contributed by atoms with Crippen LogP contribution in [-0.2, 0) is 0 Å². The van der Waals surface area contributed by atoms with E-state index in [1.54, 1.807) is 25.3 Å². The zero-order chi connectivity index (χ0) is 13.8. The van der Waals surface area contributed by atoms with Gasteiger partial charge in [0.05, 0.1) is 19.8 Å². The van der Waals surface area contributed by atoms with Gasteiger partial charge in [0.1, 0.15) is 11.5 Å². The second-order valence-corrected chi connectivity index (χ2v) is 3.62. The molecule has 2 rings (SSSR count). The zero-order valence-electron chi connectivity index (χ0n) is 10.5. The predicted octanol–water partition coefficient (Wildman–Crippen LogP) is 0.962. The summed E-state index contributed by atoms with van der Waals surface area (Å²) in [5.41, 5.74) is 2.73. The highest BCUT2D eigenvalue weighted by Gasteiger charge is 2.16. The van der Waals surface area contributed by atoms with Gasteiger partial charge in [-0.2, -0.15) is 0 Å². The number of nitrogens with zero attached hydrogens (tertiary/aromatic N) is 1. The van der Waals surface area contributed by atoms with Crippen LogP contribution in [0.25, 0.3) is 11.3 Å². The summed E-state index contributed by atoms with van der Waals surface area (Å²) in [7, 11) is 3.09. The van der Waals surface area contributed by atoms with Crippen molar-refractivity contribution in [1.29, 1.82) is 0 Å². The van der Waals surface area contributed by atoms with Crippen LogP contribution >= 0.6 is 0 Å². The summed E-state index contributed by atoms with van der Waals surface area (Å²) >= 11 is 0. The fraction of sp³-hybridized carbons (Fsp3) is 0.167. The third-order valence-corrected chi connectivity index (χ3v) is 2.55. The molecule has 0 aliphatic rings. The van der Waals surface area contributed by atoms with Crippen LogP contribution < -0.4 is 20.7 Å². The number of carbonyl (C=O) groups excluding carboxylic acids is 1. The molecule has 7 nitrogen and oxygen atoms in total. The molecule has 1 aromatic heterocycles. The smallest absolute Gasteiger partial charge is 0.287 e. The Balaban J connectivity index is 2.41. The molecule has 1 heterocycles. The molecule has 0 fully saturated rings. The van der Waals surface area contributed by atoms with Crippen molar-refractivity contribution in [3.05, 3.63) is 30.0 Å². The highest BCUT2D eigenvalue weighted by atomic mass is 16.5. The minimum absolute atomic E-state index is 0.0929. The Labute approximate surface area is 109 Å². The van der Waals surface area contributed by atoms with Crippen molar-refractivity contribution in [3.63, 3.8) is 0 Å². The number of nitrogens with two attached hydrogens (primary N) is 1. The van der Waals surface area contributed by atoms with Crippen LogP contribution in [0.2, 0.25) is 0 Å². The second kappa shape index (κ2) is 5.40. The number of nitrogens with one attached hydrogen (secondary N) is 1. The number of benzene rings is 1. The summed E-state index contributed by atoms with van der Waals surface area (Å²) in [6.07, 6.45) is 0. The van der Waals surface area contributed by atoms with E-state index in [2.05, 4.69) is 5.16 Å². The van der Waals surface area contributed by atoms with Gasteiger partial charge in [-0.25, -0.2) is 5.84 Å². The molecule has 7 heteroatoms. The number of hydrazine groups is 1. The number of rotatable bonds is 4. The van der Waals surface area contributed by atoms with Crippen LogP contribution in [0.1, 0.15) is 10.5 Å². The van der Waals surface area contributed by atoms with Gasteiger partial charge in [0.2, 0.25) is 0 Å². The first-order valence-corrected chi connectivity index (χ1v) is 5.39. The van der Waals surface area contributed by atoms with Crippen LogP contribution in [0.5, 0.6) is 11.5 Å². The van der Waals surface area contributed by atoms with Crippen LogP contribution in [-0.4, -0.2) is 25.3 Å². The van der Waals surface area contributed by atoms with Gasteiger partial charge in [-0.15, -0.1) is 0 Å². The Hall–Kier alpha value is -2.54. The summed E-state index contributed by atoms with van der Waals surface area (Å²) in [6, 6.07) is 6.69. The summed E-state index contributed by atoms with van der Waals surface area (Å²) in [5.74, 6) is 6.10. The van der Waals surface area contributed by atoms with Gasteiger partial charge < -0.3 is 14.0 Å². The second-order valence-electron chi connectivity index (χ2n) is 3.62. The molecule has 1 aromatic carbocycles. The first-order valence-electron chi connectivity index (χ1n) is 5.39. The summed E-state index contributed by atoms with van der Waals surface area (Å²) < 4.78 is 15.4. The number of hydrogen-bond donors (Lipinski definition) is 2. The molecular weight excluding hydrogens is 250 g/mol. The van der Waals surface area contributed by atoms with Crippen LogP contribution in [0.15, 0.2) is 28.8 Å². The molecule has 0 spiro atoms. The van der Waals surface area contributed by atoms with Crippen molar-refractivity contribution in [2.45, 2.75) is 0 Å². The third-order valence-electron chi connectivity index (χ3n) is 2.55. The van der Waals surface area contributed by atoms with Gasteiger partial charge in [0.15, 0.2) is 11.5 Å². The van der Waals surface area contributed by atoms with Gasteiger partial charge in [0.25, 0.3) is 5.91 Å². The molecule has 3 N–H and O–H groups in total. The zero-order valence-corrected chi connectivity index (χ0v) is 10.5. The maximum atomic E-state index is 11.3. The highest BCUT2D eigenvalue weighted by Crippen LogP contribution is 2.33. The summed E-state index contributed by atoms with van der Waals surface area (Å²) in [5, 5.41) is 3.63. The van der Waals surface area contributed by atoms with Crippen molar-refractivity contribution in [2.24, 2.45) is 5.84 Å². The topological polar surface area (TPSA) is 99.6 Å². The number of nitrogen functional groups attached to an aromatic ring is 1. The Morgan fingerprint density at radius 3 is 2.74 bits per heavy atom. The highest BCUT2D eigenvalue weighted by molar-refractivity contribution is 5.92. The molecule has 100 valence electrons. The van der Waals surface area contributed by atoms with E-state index in [1.807, 2.05) is 5.43 Å². The van der Waals surface area contributed by atoms with Crippen molar-refractivity contribution in [2.75, 3.05) is 14.2 Å². The summed E-state index contributed by atoms with van der Waals surface area (Å²) in [6.45, 7) is 0.